The first-order valence-corrected chi connectivity index (χ1v) is 15.5. The number of carbonyl (C=O) groups is 1. The maximum Gasteiger partial charge on any atom is 0.252 e. The van der Waals surface area contributed by atoms with Crippen molar-refractivity contribution >= 4 is 15.9 Å². The van der Waals surface area contributed by atoms with Crippen molar-refractivity contribution in [1.29, 1.82) is 0 Å². The molecule has 1 amide bonds. The Morgan fingerprint density at radius 3 is 2.54 bits per heavy atom. The topological polar surface area (TPSA) is 145 Å². The number of sulfonamides is 1. The minimum absolute atomic E-state index is 0.0446. The number of ether oxygens (including phenoxy) is 2. The first-order chi connectivity index (χ1) is 19.8. The lowest BCUT2D eigenvalue weighted by Crippen LogP contribution is -2.57. The van der Waals surface area contributed by atoms with E-state index >= 15 is 0 Å². The van der Waals surface area contributed by atoms with Gasteiger partial charge in [-0.15, -0.1) is 0 Å². The van der Waals surface area contributed by atoms with Gasteiger partial charge < -0.3 is 19.5 Å². The van der Waals surface area contributed by atoms with Gasteiger partial charge in [-0.3, -0.25) is 4.79 Å². The Kier molecular flexibility index (Phi) is 11.0. The summed E-state index contributed by atoms with van der Waals surface area (Å²) in [7, 11) is -2.39. The van der Waals surface area contributed by atoms with Gasteiger partial charge in [-0.25, -0.2) is 8.42 Å². The van der Waals surface area contributed by atoms with E-state index in [9.17, 15) is 18.3 Å². The molecule has 1 heterocycles. The summed E-state index contributed by atoms with van der Waals surface area (Å²) in [5, 5.41) is 14.8. The van der Waals surface area contributed by atoms with Gasteiger partial charge in [-0.1, -0.05) is 48.3 Å². The molecule has 2 aromatic rings. The molecule has 1 aliphatic heterocycles. The van der Waals surface area contributed by atoms with E-state index < -0.39 is 22.2 Å². The number of amides is 1. The van der Waals surface area contributed by atoms with Crippen molar-refractivity contribution in [2.45, 2.75) is 61.7 Å². The van der Waals surface area contributed by atoms with Crippen LogP contribution < -0.4 is 4.74 Å². The van der Waals surface area contributed by atoms with Gasteiger partial charge in [-0.05, 0) is 67.0 Å². The molecule has 41 heavy (non-hydrogen) atoms. The third kappa shape index (κ3) is 8.21. The van der Waals surface area contributed by atoms with Crippen molar-refractivity contribution in [3.05, 3.63) is 70.6 Å². The predicted octanol–water partition coefficient (Wildman–Crippen LogP) is 3.78. The summed E-state index contributed by atoms with van der Waals surface area (Å²) >= 11 is 0. The van der Waals surface area contributed by atoms with Crippen molar-refractivity contribution < 1.29 is 27.8 Å². The van der Waals surface area contributed by atoms with E-state index in [-0.39, 0.29) is 55.4 Å². The summed E-state index contributed by atoms with van der Waals surface area (Å²) in [6, 6.07) is 15.6. The molecule has 0 radical (unpaired) electrons. The van der Waals surface area contributed by atoms with Crippen LogP contribution >= 0.6 is 0 Å². The number of hydrogen-bond donors (Lipinski definition) is 1. The molecule has 1 N–H and O–H groups in total. The van der Waals surface area contributed by atoms with Gasteiger partial charge in [0.2, 0.25) is 10.0 Å². The number of benzene rings is 2. The van der Waals surface area contributed by atoms with Crippen LogP contribution in [-0.2, 0) is 26.0 Å². The molecule has 2 aromatic carbocycles. The Balaban J connectivity index is 1.53. The average Bonchev–Trinajstić information content (AvgIpc) is 3.50. The van der Waals surface area contributed by atoms with Gasteiger partial charge in [0.25, 0.3) is 5.91 Å². The van der Waals surface area contributed by atoms with E-state index in [1.807, 2.05) is 30.3 Å². The van der Waals surface area contributed by atoms with Crippen molar-refractivity contribution in [2.75, 3.05) is 39.9 Å². The predicted molar refractivity (Wildman–Crippen MR) is 154 cm³/mol. The van der Waals surface area contributed by atoms with Crippen molar-refractivity contribution in [1.82, 2.24) is 9.21 Å². The molecule has 4 rings (SSSR count). The number of azide groups is 1. The second-order valence-corrected chi connectivity index (χ2v) is 12.6. The third-order valence-electron chi connectivity index (χ3n) is 7.81. The van der Waals surface area contributed by atoms with Gasteiger partial charge in [0.15, 0.2) is 0 Å². The molecule has 12 heteroatoms. The Bertz CT molecular complexity index is 1280. The number of aliphatic hydroxyl groups excluding tert-OH is 1. The highest BCUT2D eigenvalue weighted by Gasteiger charge is 2.38. The van der Waals surface area contributed by atoms with E-state index in [0.29, 0.717) is 18.7 Å². The van der Waals surface area contributed by atoms with Crippen LogP contribution in [0.5, 0.6) is 5.75 Å². The molecule has 1 saturated heterocycles. The summed E-state index contributed by atoms with van der Waals surface area (Å²) in [5.41, 5.74) is 9.65. The van der Waals surface area contributed by atoms with E-state index in [1.54, 1.807) is 17.0 Å². The second kappa shape index (κ2) is 14.7. The number of aliphatic hydroxyl groups is 1. The number of β-amino-alcohol motifs (C(OH)–C–C–N with tert-alkyl or cyclic N) is 1. The van der Waals surface area contributed by atoms with Gasteiger partial charge in [0.05, 0.1) is 30.8 Å². The van der Waals surface area contributed by atoms with Gasteiger partial charge in [-0.2, -0.15) is 4.31 Å². The first-order valence-electron chi connectivity index (χ1n) is 14.1. The normalized spacial score (nSPS) is 20.7. The fraction of sp³-hybridized carbons (Fsp3) is 0.552. The molecule has 2 fully saturated rings. The first kappa shape index (κ1) is 30.8. The smallest absolute Gasteiger partial charge is 0.252 e. The van der Waals surface area contributed by atoms with Crippen LogP contribution in [-0.4, -0.2) is 86.8 Å². The molecular formula is C29H39N5O6S. The number of rotatable bonds is 14. The fourth-order valence-corrected chi connectivity index (χ4v) is 7.20. The quantitative estimate of drug-likeness (QED) is 0.203. The molecule has 1 aliphatic carbocycles. The van der Waals surface area contributed by atoms with Crippen molar-refractivity contribution in [3.63, 3.8) is 0 Å². The number of carbonyl (C=O) groups excluding carboxylic acids is 1. The molecule has 222 valence electrons. The van der Waals surface area contributed by atoms with Crippen LogP contribution in [0, 0.1) is 5.92 Å². The average molecular weight is 586 g/mol. The largest absolute Gasteiger partial charge is 0.497 e. The summed E-state index contributed by atoms with van der Waals surface area (Å²) in [5.74, 6) is 0.470. The molecule has 0 spiro atoms. The number of methoxy groups -OCH3 is 1. The summed E-state index contributed by atoms with van der Waals surface area (Å²) < 4.78 is 39.9. The molecule has 0 aromatic heterocycles. The molecule has 0 bridgehead atoms. The minimum Gasteiger partial charge on any atom is -0.497 e. The van der Waals surface area contributed by atoms with Crippen LogP contribution in [0.1, 0.15) is 37.7 Å². The van der Waals surface area contributed by atoms with E-state index in [1.165, 1.54) is 23.5 Å². The molecule has 11 nitrogen and oxygen atoms in total. The van der Waals surface area contributed by atoms with Gasteiger partial charge >= 0.3 is 0 Å². The highest BCUT2D eigenvalue weighted by atomic mass is 32.2. The fourth-order valence-electron chi connectivity index (χ4n) is 5.64. The molecular weight excluding hydrogens is 546 g/mol. The number of nitrogens with zero attached hydrogens (tertiary/aromatic N) is 5. The van der Waals surface area contributed by atoms with Gasteiger partial charge in [0, 0.05) is 31.1 Å². The lowest BCUT2D eigenvalue weighted by atomic mass is 10.0. The second-order valence-electron chi connectivity index (χ2n) is 10.7. The summed E-state index contributed by atoms with van der Waals surface area (Å²) in [6.45, 7) is 0.491. The van der Waals surface area contributed by atoms with Crippen LogP contribution in [0.3, 0.4) is 0 Å². The Labute approximate surface area is 241 Å². The van der Waals surface area contributed by atoms with Crippen LogP contribution in [0.4, 0.5) is 0 Å². The highest BCUT2D eigenvalue weighted by Crippen LogP contribution is 2.29. The van der Waals surface area contributed by atoms with Crippen LogP contribution in [0.15, 0.2) is 64.6 Å². The third-order valence-corrected chi connectivity index (χ3v) is 9.66. The Morgan fingerprint density at radius 1 is 1.17 bits per heavy atom. The zero-order chi connectivity index (χ0) is 29.2. The highest BCUT2D eigenvalue weighted by molar-refractivity contribution is 7.89. The lowest BCUT2D eigenvalue weighted by molar-refractivity contribution is -0.162. The van der Waals surface area contributed by atoms with Crippen molar-refractivity contribution in [2.24, 2.45) is 11.0 Å². The van der Waals surface area contributed by atoms with E-state index in [0.717, 1.165) is 31.2 Å². The van der Waals surface area contributed by atoms with Crippen molar-refractivity contribution in [3.8, 4) is 5.75 Å². The maximum absolute atomic E-state index is 13.7. The van der Waals surface area contributed by atoms with Crippen LogP contribution in [0.2, 0.25) is 0 Å². The molecule has 1 saturated carbocycles. The Hall–Kier alpha value is -3.15. The zero-order valence-electron chi connectivity index (χ0n) is 23.4. The molecule has 2 aliphatic rings. The van der Waals surface area contributed by atoms with E-state index in [2.05, 4.69) is 10.0 Å². The minimum atomic E-state index is -3.91. The standard InChI is InChI=1S/C29H39N5O6S/c1-39-26-11-13-27(14-12-26)41(37,38)33(18-23-9-5-6-10-23)19-25(35)20-34-24(17-22-7-3-2-4-8-22)21-40-28(29(34)36)15-16-31-32-30/h2-4,7-8,11-14,23-25,28,35H,5-6,9-10,15-21H2,1H3/t24-,25+,28+/m0/s1. The van der Waals surface area contributed by atoms with Gasteiger partial charge in [0.1, 0.15) is 11.9 Å². The Morgan fingerprint density at radius 2 is 1.88 bits per heavy atom. The van der Waals surface area contributed by atoms with Crippen LogP contribution in [0.25, 0.3) is 10.4 Å². The summed E-state index contributed by atoms with van der Waals surface area (Å²) in [4.78, 5) is 18.0. The van der Waals surface area contributed by atoms with E-state index in [4.69, 9.17) is 15.0 Å². The summed E-state index contributed by atoms with van der Waals surface area (Å²) in [6.07, 6.45) is 2.84. The zero-order valence-corrected chi connectivity index (χ0v) is 24.2. The molecule has 0 unspecified atom stereocenters. The number of morpholine rings is 1. The SMILES string of the molecule is COc1ccc(S(=O)(=O)N(CC2CCCC2)C[C@@H](O)CN2C(=O)[C@@H](CCN=[N+]=[N-])OC[C@@H]2Cc2ccccc2)cc1. The lowest BCUT2D eigenvalue weighted by Gasteiger charge is -2.41. The monoisotopic (exact) mass is 585 g/mol. The molecule has 3 atom stereocenters. The number of hydrogen-bond acceptors (Lipinski definition) is 7. The maximum atomic E-state index is 13.7.